The summed E-state index contributed by atoms with van der Waals surface area (Å²) >= 11 is 5.81. The van der Waals surface area contributed by atoms with Crippen molar-refractivity contribution in [2.75, 3.05) is 18.4 Å². The lowest BCUT2D eigenvalue weighted by Crippen LogP contribution is -2.51. The number of pyridine rings is 1. The average molecular weight is 482 g/mol. The Balaban J connectivity index is 1.63. The number of amides is 1. The van der Waals surface area contributed by atoms with Crippen molar-refractivity contribution in [1.82, 2.24) is 9.88 Å². The number of benzene rings is 1. The summed E-state index contributed by atoms with van der Waals surface area (Å²) in [5, 5.41) is 2.77. The molecule has 33 heavy (non-hydrogen) atoms. The zero-order valence-corrected chi connectivity index (χ0v) is 19.0. The molecule has 3 heterocycles. The number of para-hydroxylation sites is 1. The third-order valence-corrected chi connectivity index (χ3v) is 5.51. The molecule has 0 aliphatic carbocycles. The van der Waals surface area contributed by atoms with Gasteiger partial charge in [0, 0.05) is 24.8 Å². The Morgan fingerprint density at radius 1 is 1.24 bits per heavy atom. The van der Waals surface area contributed by atoms with Gasteiger partial charge in [-0.1, -0.05) is 29.8 Å². The molecule has 6 nitrogen and oxygen atoms in total. The summed E-state index contributed by atoms with van der Waals surface area (Å²) in [7, 11) is 0. The summed E-state index contributed by atoms with van der Waals surface area (Å²) in [4.78, 5) is 17.7. The van der Waals surface area contributed by atoms with Crippen molar-refractivity contribution in [3.8, 4) is 5.75 Å². The van der Waals surface area contributed by atoms with Crippen LogP contribution in [0.25, 0.3) is 5.57 Å². The number of fused-ring (bicyclic) bond motifs is 1. The van der Waals surface area contributed by atoms with Crippen LogP contribution in [0.15, 0.2) is 42.6 Å². The van der Waals surface area contributed by atoms with Crippen LogP contribution >= 0.6 is 11.6 Å². The number of carbonyl (C=O) groups excluding carboxylic acids is 1. The number of anilines is 1. The van der Waals surface area contributed by atoms with E-state index in [0.29, 0.717) is 18.5 Å². The van der Waals surface area contributed by atoms with E-state index in [1.165, 1.54) is 18.2 Å². The van der Waals surface area contributed by atoms with Crippen molar-refractivity contribution in [2.45, 2.75) is 44.7 Å². The molecule has 0 radical (unpaired) electrons. The second-order valence-electron chi connectivity index (χ2n) is 8.85. The minimum absolute atomic E-state index is 0.0667. The lowest BCUT2D eigenvalue weighted by atomic mass is 9.97. The van der Waals surface area contributed by atoms with Gasteiger partial charge in [0.25, 0.3) is 0 Å². The molecule has 0 saturated carbocycles. The van der Waals surface area contributed by atoms with Crippen LogP contribution in [0.2, 0.25) is 5.02 Å². The van der Waals surface area contributed by atoms with Gasteiger partial charge >= 0.3 is 18.0 Å². The molecule has 1 atom stereocenters. The number of carbonyl (C=O) groups is 1. The average Bonchev–Trinajstić information content (AvgIpc) is 3.14. The van der Waals surface area contributed by atoms with Crippen LogP contribution in [0.4, 0.5) is 23.7 Å². The highest BCUT2D eigenvalue weighted by Crippen LogP contribution is 2.52. The van der Waals surface area contributed by atoms with Crippen LogP contribution in [-0.4, -0.2) is 40.8 Å². The standard InChI is InChI=1S/C23H23ClF3N3O3/c1-21(2,3)33-20(31)30-11-9-14(10-12-30)16-5-4-6-17-19(16)29-22(32-17,23(25,26)27)18-8-7-15(24)13-28-18/h4-9,13,29H,10-12H2,1-3H3. The number of nitrogens with zero attached hydrogens (tertiary/aromatic N) is 2. The van der Waals surface area contributed by atoms with Gasteiger partial charge in [-0.2, -0.15) is 13.2 Å². The van der Waals surface area contributed by atoms with Gasteiger partial charge in [0.1, 0.15) is 17.0 Å². The van der Waals surface area contributed by atoms with E-state index >= 15 is 0 Å². The van der Waals surface area contributed by atoms with E-state index in [9.17, 15) is 18.0 Å². The van der Waals surface area contributed by atoms with Crippen LogP contribution in [0.1, 0.15) is 38.4 Å². The highest BCUT2D eigenvalue weighted by Gasteiger charge is 2.63. The van der Waals surface area contributed by atoms with Crippen LogP contribution in [0.3, 0.4) is 0 Å². The predicted molar refractivity (Wildman–Crippen MR) is 118 cm³/mol. The molecule has 1 unspecified atom stereocenters. The van der Waals surface area contributed by atoms with Crippen LogP contribution < -0.4 is 10.1 Å². The van der Waals surface area contributed by atoms with Gasteiger partial charge in [0.05, 0.1) is 10.7 Å². The van der Waals surface area contributed by atoms with Gasteiger partial charge in [0.15, 0.2) is 0 Å². The summed E-state index contributed by atoms with van der Waals surface area (Å²) in [6.45, 7) is 6.04. The Kier molecular flexibility index (Phi) is 5.72. The molecule has 1 N–H and O–H groups in total. The third kappa shape index (κ3) is 4.46. The van der Waals surface area contributed by atoms with Gasteiger partial charge in [-0.25, -0.2) is 4.79 Å². The maximum atomic E-state index is 14.3. The molecule has 176 valence electrons. The molecule has 1 amide bonds. The monoisotopic (exact) mass is 481 g/mol. The van der Waals surface area contributed by atoms with Crippen LogP contribution in [0, 0.1) is 0 Å². The number of nitrogens with one attached hydrogen (secondary N) is 1. The van der Waals surface area contributed by atoms with Gasteiger partial charge in [-0.05, 0) is 51.0 Å². The summed E-state index contributed by atoms with van der Waals surface area (Å²) in [6, 6.07) is 7.37. The van der Waals surface area contributed by atoms with E-state index in [1.807, 2.05) is 6.08 Å². The van der Waals surface area contributed by atoms with E-state index < -0.39 is 23.6 Å². The maximum Gasteiger partial charge on any atom is 0.455 e. The first kappa shape index (κ1) is 23.2. The number of alkyl halides is 3. The quantitative estimate of drug-likeness (QED) is 0.571. The molecule has 2 aliphatic heterocycles. The lowest BCUT2D eigenvalue weighted by Gasteiger charge is -2.31. The number of halogens is 4. The van der Waals surface area contributed by atoms with E-state index in [4.69, 9.17) is 21.1 Å². The fourth-order valence-corrected chi connectivity index (χ4v) is 3.87. The molecule has 0 fully saturated rings. The molecule has 0 spiro atoms. The second kappa shape index (κ2) is 8.13. The number of aromatic nitrogens is 1. The molecule has 0 saturated heterocycles. The fraction of sp³-hybridized carbons (Fsp3) is 0.391. The Morgan fingerprint density at radius 2 is 2.00 bits per heavy atom. The van der Waals surface area contributed by atoms with Gasteiger partial charge < -0.3 is 19.7 Å². The summed E-state index contributed by atoms with van der Waals surface area (Å²) < 4.78 is 53.7. The zero-order valence-electron chi connectivity index (χ0n) is 18.3. The van der Waals surface area contributed by atoms with Crippen molar-refractivity contribution < 1.29 is 27.4 Å². The summed E-state index contributed by atoms with van der Waals surface area (Å²) in [5.74, 6) is 0.0667. The topological polar surface area (TPSA) is 63.7 Å². The number of ether oxygens (including phenoxy) is 2. The summed E-state index contributed by atoms with van der Waals surface area (Å²) in [6.07, 6.45) is -1.82. The van der Waals surface area contributed by atoms with Crippen molar-refractivity contribution in [3.63, 3.8) is 0 Å². The fourth-order valence-electron chi connectivity index (χ4n) is 3.76. The van der Waals surface area contributed by atoms with E-state index in [-0.39, 0.29) is 28.7 Å². The predicted octanol–water partition coefficient (Wildman–Crippen LogP) is 5.98. The summed E-state index contributed by atoms with van der Waals surface area (Å²) in [5.41, 5.74) is -2.19. The van der Waals surface area contributed by atoms with Crippen molar-refractivity contribution in [3.05, 3.63) is 58.9 Å². The first-order chi connectivity index (χ1) is 15.4. The van der Waals surface area contributed by atoms with Crippen molar-refractivity contribution in [1.29, 1.82) is 0 Å². The molecular weight excluding hydrogens is 459 g/mol. The molecule has 0 bridgehead atoms. The Morgan fingerprint density at radius 3 is 2.58 bits per heavy atom. The van der Waals surface area contributed by atoms with Crippen LogP contribution in [-0.2, 0) is 10.5 Å². The van der Waals surface area contributed by atoms with Gasteiger partial charge in [0.2, 0.25) is 0 Å². The Hall–Kier alpha value is -2.94. The molecule has 1 aromatic heterocycles. The van der Waals surface area contributed by atoms with Crippen molar-refractivity contribution >= 4 is 29.0 Å². The number of hydrogen-bond donors (Lipinski definition) is 1. The first-order valence-electron chi connectivity index (χ1n) is 10.4. The van der Waals surface area contributed by atoms with Gasteiger partial charge in [-0.3, -0.25) is 4.98 Å². The molecule has 1 aromatic carbocycles. The maximum absolute atomic E-state index is 14.3. The first-order valence-corrected chi connectivity index (χ1v) is 10.7. The largest absolute Gasteiger partial charge is 0.455 e. The van der Waals surface area contributed by atoms with E-state index in [2.05, 4.69) is 10.3 Å². The highest BCUT2D eigenvalue weighted by molar-refractivity contribution is 6.30. The van der Waals surface area contributed by atoms with E-state index in [1.54, 1.807) is 37.8 Å². The normalized spacial score (nSPS) is 20.5. The van der Waals surface area contributed by atoms with Gasteiger partial charge in [-0.15, -0.1) is 0 Å². The minimum atomic E-state index is -4.81. The Labute approximate surface area is 194 Å². The highest BCUT2D eigenvalue weighted by atomic mass is 35.5. The molecule has 10 heteroatoms. The SMILES string of the molecule is CC(C)(C)OC(=O)N1CC=C(c2cccc3c2NC(c2ccc(Cl)cn2)(C(F)(F)F)O3)CC1. The van der Waals surface area contributed by atoms with Crippen molar-refractivity contribution in [2.24, 2.45) is 0 Å². The molecule has 4 rings (SSSR count). The second-order valence-corrected chi connectivity index (χ2v) is 9.29. The number of hydrogen-bond acceptors (Lipinski definition) is 5. The molecular formula is C23H23ClF3N3O3. The van der Waals surface area contributed by atoms with Crippen LogP contribution in [0.5, 0.6) is 5.75 Å². The number of rotatable bonds is 2. The van der Waals surface area contributed by atoms with E-state index in [0.717, 1.165) is 11.8 Å². The third-order valence-electron chi connectivity index (χ3n) is 5.28. The minimum Gasteiger partial charge on any atom is -0.451 e. The lowest BCUT2D eigenvalue weighted by molar-refractivity contribution is -0.239. The zero-order chi connectivity index (χ0) is 24.0. The Bertz CT molecular complexity index is 1100. The molecule has 2 aromatic rings. The smallest absolute Gasteiger partial charge is 0.451 e. The molecule has 2 aliphatic rings.